The predicted molar refractivity (Wildman–Crippen MR) is 70.8 cm³/mol. The van der Waals surface area contributed by atoms with Crippen molar-refractivity contribution in [3.63, 3.8) is 0 Å². The number of likely N-dealkylation sites (N-methyl/N-ethyl adjacent to an activating group) is 1. The fourth-order valence-corrected chi connectivity index (χ4v) is 2.17. The van der Waals surface area contributed by atoms with Gasteiger partial charge in [0.1, 0.15) is 0 Å². The van der Waals surface area contributed by atoms with Crippen molar-refractivity contribution < 1.29 is 4.79 Å². The van der Waals surface area contributed by atoms with Gasteiger partial charge in [0.2, 0.25) is 5.91 Å². The summed E-state index contributed by atoms with van der Waals surface area (Å²) >= 11 is 0. The van der Waals surface area contributed by atoms with E-state index in [0.717, 1.165) is 39.0 Å². The molecule has 0 spiro atoms. The highest BCUT2D eigenvalue weighted by Gasteiger charge is 2.21. The highest BCUT2D eigenvalue weighted by atomic mass is 16.2. The monoisotopic (exact) mass is 241 g/mol. The molecule has 0 aromatic heterocycles. The lowest BCUT2D eigenvalue weighted by Crippen LogP contribution is -2.46. The number of rotatable bonds is 6. The quantitative estimate of drug-likeness (QED) is 0.756. The number of likely N-dealkylation sites (tertiary alicyclic amines) is 1. The van der Waals surface area contributed by atoms with Crippen LogP contribution in [0.1, 0.15) is 39.5 Å². The lowest BCUT2D eigenvalue weighted by molar-refractivity contribution is -0.133. The van der Waals surface area contributed by atoms with Gasteiger partial charge in [-0.1, -0.05) is 20.3 Å². The van der Waals surface area contributed by atoms with E-state index in [1.165, 1.54) is 12.8 Å². The Morgan fingerprint density at radius 1 is 1.35 bits per heavy atom. The maximum Gasteiger partial charge on any atom is 0.236 e. The van der Waals surface area contributed by atoms with Crippen molar-refractivity contribution in [3.05, 3.63) is 0 Å². The molecule has 4 heteroatoms. The first-order valence-corrected chi connectivity index (χ1v) is 6.93. The molecule has 0 unspecified atom stereocenters. The third kappa shape index (κ3) is 5.04. The third-order valence-corrected chi connectivity index (χ3v) is 3.53. The van der Waals surface area contributed by atoms with Crippen LogP contribution in [0.15, 0.2) is 0 Å². The number of carbonyl (C=O) groups excluding carboxylic acids is 1. The molecule has 0 aliphatic carbocycles. The van der Waals surface area contributed by atoms with Gasteiger partial charge >= 0.3 is 0 Å². The zero-order valence-corrected chi connectivity index (χ0v) is 11.3. The molecule has 0 atom stereocenters. The lowest BCUT2D eigenvalue weighted by Gasteiger charge is -2.32. The number of amides is 1. The summed E-state index contributed by atoms with van der Waals surface area (Å²) in [7, 11) is 0. The Hall–Kier alpha value is -0.610. The average Bonchev–Trinajstić information content (AvgIpc) is 2.35. The number of nitrogens with two attached hydrogens (primary N) is 1. The summed E-state index contributed by atoms with van der Waals surface area (Å²) in [6, 6.07) is 0.293. The standard InChI is InChI=1S/C13H27N3O/c1-3-5-8-15(4-2)11-13(17)16-9-6-12(14)7-10-16/h12H,3-11,14H2,1-2H3. The van der Waals surface area contributed by atoms with E-state index in [1.54, 1.807) is 0 Å². The zero-order chi connectivity index (χ0) is 12.7. The molecule has 100 valence electrons. The van der Waals surface area contributed by atoms with Gasteiger partial charge in [-0.15, -0.1) is 0 Å². The van der Waals surface area contributed by atoms with Gasteiger partial charge in [0, 0.05) is 19.1 Å². The number of nitrogens with zero attached hydrogens (tertiary/aromatic N) is 2. The maximum absolute atomic E-state index is 12.1. The summed E-state index contributed by atoms with van der Waals surface area (Å²) in [4.78, 5) is 16.3. The molecule has 1 aliphatic heterocycles. The number of piperidine rings is 1. The Morgan fingerprint density at radius 2 is 2.00 bits per heavy atom. The Kier molecular flexibility index (Phi) is 6.52. The van der Waals surface area contributed by atoms with Crippen molar-refractivity contribution >= 4 is 5.91 Å². The van der Waals surface area contributed by atoms with Crippen molar-refractivity contribution in [2.24, 2.45) is 5.73 Å². The first-order chi connectivity index (χ1) is 8.17. The highest BCUT2D eigenvalue weighted by Crippen LogP contribution is 2.09. The van der Waals surface area contributed by atoms with Crippen LogP contribution in [-0.4, -0.2) is 54.5 Å². The van der Waals surface area contributed by atoms with E-state index >= 15 is 0 Å². The van der Waals surface area contributed by atoms with E-state index in [1.807, 2.05) is 4.90 Å². The van der Waals surface area contributed by atoms with E-state index in [0.29, 0.717) is 12.6 Å². The van der Waals surface area contributed by atoms with Crippen molar-refractivity contribution in [1.29, 1.82) is 0 Å². The molecule has 0 aromatic rings. The Morgan fingerprint density at radius 3 is 2.53 bits per heavy atom. The van der Waals surface area contributed by atoms with Gasteiger partial charge in [-0.3, -0.25) is 9.69 Å². The number of unbranched alkanes of at least 4 members (excludes halogenated alkanes) is 1. The van der Waals surface area contributed by atoms with E-state index in [9.17, 15) is 4.79 Å². The van der Waals surface area contributed by atoms with Crippen molar-refractivity contribution in [3.8, 4) is 0 Å². The molecule has 1 fully saturated rings. The van der Waals surface area contributed by atoms with Crippen molar-refractivity contribution in [2.75, 3.05) is 32.7 Å². The van der Waals surface area contributed by atoms with Gasteiger partial charge in [0.15, 0.2) is 0 Å². The van der Waals surface area contributed by atoms with Crippen LogP contribution in [0, 0.1) is 0 Å². The fourth-order valence-electron chi connectivity index (χ4n) is 2.17. The summed E-state index contributed by atoms with van der Waals surface area (Å²) in [5.41, 5.74) is 5.84. The van der Waals surface area contributed by atoms with E-state index < -0.39 is 0 Å². The molecule has 0 bridgehead atoms. The van der Waals surface area contributed by atoms with Crippen LogP contribution in [0.4, 0.5) is 0 Å². The molecule has 0 radical (unpaired) electrons. The first kappa shape index (κ1) is 14.5. The summed E-state index contributed by atoms with van der Waals surface area (Å²) in [6.07, 6.45) is 4.26. The minimum absolute atomic E-state index is 0.273. The molecule has 0 saturated carbocycles. The Labute approximate surface area is 105 Å². The van der Waals surface area contributed by atoms with E-state index in [4.69, 9.17) is 5.73 Å². The van der Waals surface area contributed by atoms with E-state index in [2.05, 4.69) is 18.7 Å². The molecular formula is C13H27N3O. The second kappa shape index (κ2) is 7.67. The van der Waals surface area contributed by atoms with Crippen molar-refractivity contribution in [1.82, 2.24) is 9.80 Å². The molecule has 4 nitrogen and oxygen atoms in total. The minimum Gasteiger partial charge on any atom is -0.341 e. The Bertz CT molecular complexity index is 225. The van der Waals surface area contributed by atoms with Gasteiger partial charge < -0.3 is 10.6 Å². The number of carbonyl (C=O) groups is 1. The average molecular weight is 241 g/mol. The van der Waals surface area contributed by atoms with Gasteiger partial charge in [-0.25, -0.2) is 0 Å². The zero-order valence-electron chi connectivity index (χ0n) is 11.3. The number of hydrogen-bond acceptors (Lipinski definition) is 3. The van der Waals surface area contributed by atoms with Gasteiger partial charge in [-0.05, 0) is 32.4 Å². The molecule has 17 heavy (non-hydrogen) atoms. The Balaban J connectivity index is 2.31. The molecule has 1 rings (SSSR count). The van der Waals surface area contributed by atoms with Crippen LogP contribution in [0.5, 0.6) is 0 Å². The smallest absolute Gasteiger partial charge is 0.236 e. The summed E-state index contributed by atoms with van der Waals surface area (Å²) in [5, 5.41) is 0. The van der Waals surface area contributed by atoms with Gasteiger partial charge in [-0.2, -0.15) is 0 Å². The highest BCUT2D eigenvalue weighted by molar-refractivity contribution is 5.78. The normalized spacial score (nSPS) is 17.8. The summed E-state index contributed by atoms with van der Waals surface area (Å²) in [6.45, 7) is 8.55. The third-order valence-electron chi connectivity index (χ3n) is 3.53. The maximum atomic E-state index is 12.1. The molecule has 1 amide bonds. The first-order valence-electron chi connectivity index (χ1n) is 6.93. The van der Waals surface area contributed by atoms with Crippen LogP contribution >= 0.6 is 0 Å². The molecule has 0 aromatic carbocycles. The largest absolute Gasteiger partial charge is 0.341 e. The fraction of sp³-hybridized carbons (Fsp3) is 0.923. The van der Waals surface area contributed by atoms with Gasteiger partial charge in [0.25, 0.3) is 0 Å². The van der Waals surface area contributed by atoms with Crippen LogP contribution in [0.25, 0.3) is 0 Å². The second-order valence-corrected chi connectivity index (χ2v) is 4.94. The van der Waals surface area contributed by atoms with Crippen LogP contribution in [0.3, 0.4) is 0 Å². The van der Waals surface area contributed by atoms with E-state index in [-0.39, 0.29) is 5.91 Å². The summed E-state index contributed by atoms with van der Waals surface area (Å²) in [5.74, 6) is 0.273. The van der Waals surface area contributed by atoms with Crippen LogP contribution in [-0.2, 0) is 4.79 Å². The van der Waals surface area contributed by atoms with Gasteiger partial charge in [0.05, 0.1) is 6.54 Å². The minimum atomic E-state index is 0.273. The lowest BCUT2D eigenvalue weighted by atomic mass is 10.1. The predicted octanol–water partition coefficient (Wildman–Crippen LogP) is 1.06. The molecule has 1 saturated heterocycles. The van der Waals surface area contributed by atoms with Crippen molar-refractivity contribution in [2.45, 2.75) is 45.6 Å². The number of hydrogen-bond donors (Lipinski definition) is 1. The molecule has 1 aliphatic rings. The summed E-state index contributed by atoms with van der Waals surface area (Å²) < 4.78 is 0. The molecule has 1 heterocycles. The van der Waals surface area contributed by atoms with Crippen LogP contribution < -0.4 is 5.73 Å². The SMILES string of the molecule is CCCCN(CC)CC(=O)N1CCC(N)CC1. The van der Waals surface area contributed by atoms with Crippen LogP contribution in [0.2, 0.25) is 0 Å². The second-order valence-electron chi connectivity index (χ2n) is 4.94. The molecular weight excluding hydrogens is 214 g/mol. The topological polar surface area (TPSA) is 49.6 Å². The molecule has 2 N–H and O–H groups in total.